The Morgan fingerprint density at radius 2 is 2.17 bits per heavy atom. The maximum Gasteiger partial charge on any atom is 0.320 e. The van der Waals surface area contributed by atoms with Crippen LogP contribution in [-0.4, -0.2) is 53.4 Å². The monoisotopic (exact) mass is 176 g/mol. The Hall–Kier alpha value is -0.650. The van der Waals surface area contributed by atoms with E-state index in [9.17, 15) is 4.79 Å². The Morgan fingerprint density at radius 3 is 2.50 bits per heavy atom. The van der Waals surface area contributed by atoms with E-state index in [1.54, 1.807) is 11.8 Å². The lowest BCUT2D eigenvalue weighted by Crippen LogP contribution is -2.43. The highest BCUT2D eigenvalue weighted by Crippen LogP contribution is 1.97. The van der Waals surface area contributed by atoms with Gasteiger partial charge in [-0.2, -0.15) is 0 Å². The van der Waals surface area contributed by atoms with Crippen LogP contribution in [0.15, 0.2) is 0 Å². The molecule has 1 unspecified atom stereocenters. The molecule has 5 nitrogen and oxygen atoms in total. The number of carboxylic acid groups (broad SMARTS) is 1. The summed E-state index contributed by atoms with van der Waals surface area (Å²) in [4.78, 5) is 12.2. The van der Waals surface area contributed by atoms with E-state index in [-0.39, 0.29) is 6.61 Å². The first kappa shape index (κ1) is 11.4. The van der Waals surface area contributed by atoms with Crippen molar-refractivity contribution in [1.29, 1.82) is 0 Å². The van der Waals surface area contributed by atoms with Crippen LogP contribution in [-0.2, 0) is 4.79 Å². The molecule has 0 bridgehead atoms. The summed E-state index contributed by atoms with van der Waals surface area (Å²) >= 11 is 0. The molecule has 0 aromatic heterocycles. The second-order valence-corrected chi connectivity index (χ2v) is 2.56. The largest absolute Gasteiger partial charge is 0.480 e. The van der Waals surface area contributed by atoms with E-state index in [0.717, 1.165) is 0 Å². The van der Waals surface area contributed by atoms with Crippen LogP contribution in [0.3, 0.4) is 0 Å². The van der Waals surface area contributed by atoms with Crippen molar-refractivity contribution in [3.63, 3.8) is 0 Å². The number of carbonyl (C=O) groups is 1. The molecule has 0 saturated heterocycles. The zero-order valence-electron chi connectivity index (χ0n) is 7.23. The smallest absolute Gasteiger partial charge is 0.320 e. The van der Waals surface area contributed by atoms with Gasteiger partial charge in [0.15, 0.2) is 0 Å². The fourth-order valence-electron chi connectivity index (χ4n) is 0.950. The molecule has 0 aliphatic carbocycles. The standard InChI is InChI=1S/C7H16N2O3/c1-6(7(11)12)9(3-2-8)4-5-10/h6,10H,2-5,8H2,1H3,(H,11,12). The summed E-state index contributed by atoms with van der Waals surface area (Å²) in [6.45, 7) is 2.78. The Balaban J connectivity index is 3.98. The number of aliphatic hydroxyl groups is 1. The summed E-state index contributed by atoms with van der Waals surface area (Å²) < 4.78 is 0. The average molecular weight is 176 g/mol. The number of hydrogen-bond donors (Lipinski definition) is 3. The van der Waals surface area contributed by atoms with Gasteiger partial charge in [-0.15, -0.1) is 0 Å². The van der Waals surface area contributed by atoms with E-state index in [2.05, 4.69) is 0 Å². The van der Waals surface area contributed by atoms with Gasteiger partial charge in [-0.25, -0.2) is 0 Å². The molecule has 0 spiro atoms. The molecule has 4 N–H and O–H groups in total. The number of hydrogen-bond acceptors (Lipinski definition) is 4. The van der Waals surface area contributed by atoms with Crippen molar-refractivity contribution in [1.82, 2.24) is 4.90 Å². The Bertz CT molecular complexity index is 135. The minimum atomic E-state index is -0.892. The van der Waals surface area contributed by atoms with Crippen molar-refractivity contribution in [2.24, 2.45) is 5.73 Å². The van der Waals surface area contributed by atoms with Gasteiger partial charge in [0.05, 0.1) is 6.61 Å². The van der Waals surface area contributed by atoms with Crippen molar-refractivity contribution >= 4 is 5.97 Å². The van der Waals surface area contributed by atoms with Gasteiger partial charge in [-0.1, -0.05) is 0 Å². The van der Waals surface area contributed by atoms with Crippen LogP contribution >= 0.6 is 0 Å². The van der Waals surface area contributed by atoms with E-state index in [4.69, 9.17) is 15.9 Å². The van der Waals surface area contributed by atoms with E-state index < -0.39 is 12.0 Å². The van der Waals surface area contributed by atoms with Crippen molar-refractivity contribution in [2.75, 3.05) is 26.2 Å². The van der Waals surface area contributed by atoms with Gasteiger partial charge in [0.25, 0.3) is 0 Å². The van der Waals surface area contributed by atoms with Gasteiger partial charge in [0, 0.05) is 19.6 Å². The first-order valence-electron chi connectivity index (χ1n) is 3.91. The molecule has 0 heterocycles. The van der Waals surface area contributed by atoms with Gasteiger partial charge in [-0.3, -0.25) is 9.69 Å². The highest BCUT2D eigenvalue weighted by atomic mass is 16.4. The zero-order chi connectivity index (χ0) is 9.56. The second kappa shape index (κ2) is 5.93. The molecule has 0 aromatic rings. The first-order chi connectivity index (χ1) is 5.63. The topological polar surface area (TPSA) is 86.8 Å². The lowest BCUT2D eigenvalue weighted by atomic mass is 10.3. The van der Waals surface area contributed by atoms with Crippen LogP contribution in [0.2, 0.25) is 0 Å². The highest BCUT2D eigenvalue weighted by molar-refractivity contribution is 5.72. The van der Waals surface area contributed by atoms with E-state index >= 15 is 0 Å². The third-order valence-electron chi connectivity index (χ3n) is 1.71. The van der Waals surface area contributed by atoms with Crippen LogP contribution in [0.1, 0.15) is 6.92 Å². The van der Waals surface area contributed by atoms with Crippen LogP contribution in [0.5, 0.6) is 0 Å². The summed E-state index contributed by atoms with van der Waals surface area (Å²) in [6.07, 6.45) is 0. The molecular formula is C7H16N2O3. The van der Waals surface area contributed by atoms with Crippen molar-refractivity contribution in [2.45, 2.75) is 13.0 Å². The molecule has 72 valence electrons. The van der Waals surface area contributed by atoms with E-state index in [1.165, 1.54) is 0 Å². The number of carboxylic acids is 1. The molecule has 5 heteroatoms. The molecule has 0 radical (unpaired) electrons. The normalized spacial score (nSPS) is 13.3. The molecule has 0 saturated carbocycles. The molecule has 0 rings (SSSR count). The predicted molar refractivity (Wildman–Crippen MR) is 44.8 cm³/mol. The molecule has 0 amide bonds. The lowest BCUT2D eigenvalue weighted by Gasteiger charge is -2.24. The van der Waals surface area contributed by atoms with Gasteiger partial charge in [0.1, 0.15) is 6.04 Å². The summed E-state index contributed by atoms with van der Waals surface area (Å²) in [7, 11) is 0. The maximum atomic E-state index is 10.5. The molecule has 12 heavy (non-hydrogen) atoms. The number of aliphatic hydroxyl groups excluding tert-OH is 1. The van der Waals surface area contributed by atoms with Gasteiger partial charge in [-0.05, 0) is 6.92 Å². The predicted octanol–water partition coefficient (Wildman–Crippen LogP) is -1.29. The van der Waals surface area contributed by atoms with Crippen molar-refractivity contribution in [3.05, 3.63) is 0 Å². The van der Waals surface area contributed by atoms with E-state index in [0.29, 0.717) is 19.6 Å². The second-order valence-electron chi connectivity index (χ2n) is 2.56. The number of nitrogens with zero attached hydrogens (tertiary/aromatic N) is 1. The average Bonchev–Trinajstić information content (AvgIpc) is 2.03. The fraction of sp³-hybridized carbons (Fsp3) is 0.857. The molecule has 0 fully saturated rings. The SMILES string of the molecule is CC(C(=O)O)N(CCN)CCO. The zero-order valence-corrected chi connectivity index (χ0v) is 7.23. The third-order valence-corrected chi connectivity index (χ3v) is 1.71. The summed E-state index contributed by atoms with van der Waals surface area (Å²) in [5.41, 5.74) is 5.28. The minimum Gasteiger partial charge on any atom is -0.480 e. The first-order valence-corrected chi connectivity index (χ1v) is 3.91. The Morgan fingerprint density at radius 1 is 1.58 bits per heavy atom. The van der Waals surface area contributed by atoms with Gasteiger partial charge >= 0.3 is 5.97 Å². The minimum absolute atomic E-state index is 0.0440. The molecule has 0 aliphatic rings. The van der Waals surface area contributed by atoms with Crippen LogP contribution in [0.4, 0.5) is 0 Å². The van der Waals surface area contributed by atoms with Crippen LogP contribution in [0.25, 0.3) is 0 Å². The van der Waals surface area contributed by atoms with Gasteiger partial charge < -0.3 is 15.9 Å². The van der Waals surface area contributed by atoms with Crippen LogP contribution < -0.4 is 5.73 Å². The van der Waals surface area contributed by atoms with E-state index in [1.807, 2.05) is 0 Å². The molecule has 0 aliphatic heterocycles. The fourth-order valence-corrected chi connectivity index (χ4v) is 0.950. The Kier molecular flexibility index (Phi) is 5.61. The highest BCUT2D eigenvalue weighted by Gasteiger charge is 2.18. The summed E-state index contributed by atoms with van der Waals surface area (Å²) in [5, 5.41) is 17.3. The maximum absolute atomic E-state index is 10.5. The van der Waals surface area contributed by atoms with Gasteiger partial charge in [0.2, 0.25) is 0 Å². The summed E-state index contributed by atoms with van der Waals surface area (Å²) in [5.74, 6) is -0.892. The number of aliphatic carboxylic acids is 1. The number of nitrogens with two attached hydrogens (primary N) is 1. The van der Waals surface area contributed by atoms with Crippen molar-refractivity contribution < 1.29 is 15.0 Å². The molecular weight excluding hydrogens is 160 g/mol. The molecule has 0 aromatic carbocycles. The molecule has 1 atom stereocenters. The lowest BCUT2D eigenvalue weighted by molar-refractivity contribution is -0.142. The summed E-state index contributed by atoms with van der Waals surface area (Å²) in [6, 6.07) is -0.583. The third kappa shape index (κ3) is 3.66. The quantitative estimate of drug-likeness (QED) is 0.469. The Labute approximate surface area is 71.8 Å². The number of rotatable bonds is 6. The van der Waals surface area contributed by atoms with Crippen LogP contribution in [0, 0.1) is 0 Å². The van der Waals surface area contributed by atoms with Crippen molar-refractivity contribution in [3.8, 4) is 0 Å².